The molecule has 0 fully saturated rings. The smallest absolute Gasteiger partial charge is 0.275 e. The lowest BCUT2D eigenvalue weighted by Crippen LogP contribution is -2.32. The van der Waals surface area contributed by atoms with Gasteiger partial charge in [-0.2, -0.15) is 0 Å². The number of fused-ring (bicyclic) bond motifs is 1. The molecule has 0 bridgehead atoms. The Bertz CT molecular complexity index is 1020. The van der Waals surface area contributed by atoms with E-state index < -0.39 is 17.7 Å². The molecule has 0 saturated heterocycles. The number of thioether (sulfide) groups is 1. The Labute approximate surface area is 185 Å². The lowest BCUT2D eigenvalue weighted by atomic mass is 10.0. The molecule has 3 rings (SSSR count). The monoisotopic (exact) mass is 445 g/mol. The number of carbonyl (C=O) groups excluding carboxylic acids is 3. The second-order valence-electron chi connectivity index (χ2n) is 6.90. The number of halogens is 1. The first-order chi connectivity index (χ1) is 14.4. The highest BCUT2D eigenvalue weighted by molar-refractivity contribution is 7.99. The number of amides is 3. The lowest BCUT2D eigenvalue weighted by Gasteiger charge is -2.17. The van der Waals surface area contributed by atoms with E-state index in [4.69, 9.17) is 11.6 Å². The number of nitrogens with one attached hydrogen (secondary N) is 2. The van der Waals surface area contributed by atoms with Gasteiger partial charge in [-0.15, -0.1) is 11.8 Å². The van der Waals surface area contributed by atoms with Gasteiger partial charge in [0.2, 0.25) is 5.91 Å². The van der Waals surface area contributed by atoms with E-state index in [1.807, 2.05) is 26.0 Å². The zero-order valence-electron chi connectivity index (χ0n) is 17.2. The van der Waals surface area contributed by atoms with Crippen LogP contribution in [-0.4, -0.2) is 28.5 Å². The average molecular weight is 446 g/mol. The molecule has 2 N–H and O–H groups in total. The summed E-state index contributed by atoms with van der Waals surface area (Å²) in [4.78, 5) is 42.2. The third kappa shape index (κ3) is 4.52. The second kappa shape index (κ2) is 9.62. The Morgan fingerprint density at radius 2 is 1.90 bits per heavy atom. The van der Waals surface area contributed by atoms with Crippen molar-refractivity contribution in [1.82, 2.24) is 10.3 Å². The quantitative estimate of drug-likeness (QED) is 0.686. The van der Waals surface area contributed by atoms with Gasteiger partial charge in [0, 0.05) is 22.9 Å². The second-order valence-corrected chi connectivity index (χ2v) is 8.39. The molecule has 2 heterocycles. The lowest BCUT2D eigenvalue weighted by molar-refractivity contribution is -0.119. The number of rotatable bonds is 6. The highest BCUT2D eigenvalue weighted by Gasteiger charge is 2.26. The summed E-state index contributed by atoms with van der Waals surface area (Å²) in [6, 6.07) is 5.39. The van der Waals surface area contributed by atoms with Crippen LogP contribution in [0.25, 0.3) is 0 Å². The van der Waals surface area contributed by atoms with Crippen molar-refractivity contribution in [2.75, 3.05) is 11.1 Å². The summed E-state index contributed by atoms with van der Waals surface area (Å²) in [7, 11) is 0. The van der Waals surface area contributed by atoms with E-state index in [1.165, 1.54) is 0 Å². The van der Waals surface area contributed by atoms with Gasteiger partial charge in [-0.05, 0) is 48.1 Å². The van der Waals surface area contributed by atoms with E-state index in [9.17, 15) is 14.4 Å². The van der Waals surface area contributed by atoms with Gasteiger partial charge < -0.3 is 5.32 Å². The minimum absolute atomic E-state index is 0.00800. The van der Waals surface area contributed by atoms with Gasteiger partial charge in [-0.3, -0.25) is 19.7 Å². The first kappa shape index (κ1) is 22.3. The normalized spacial score (nSPS) is 12.4. The summed E-state index contributed by atoms with van der Waals surface area (Å²) >= 11 is 7.90. The Hall–Kier alpha value is -2.38. The van der Waals surface area contributed by atoms with Crippen molar-refractivity contribution >= 4 is 46.8 Å². The number of anilines is 1. The molecule has 0 aliphatic carbocycles. The topological polar surface area (TPSA) is 88.2 Å². The van der Waals surface area contributed by atoms with Gasteiger partial charge in [0.1, 0.15) is 10.7 Å². The maximum absolute atomic E-state index is 13.3. The Balaban J connectivity index is 2.03. The molecule has 0 unspecified atom stereocenters. The summed E-state index contributed by atoms with van der Waals surface area (Å²) < 4.78 is 0. The summed E-state index contributed by atoms with van der Waals surface area (Å²) in [5.74, 6) is -0.670. The fraction of sp³-hybridized carbons (Fsp3) is 0.364. The van der Waals surface area contributed by atoms with E-state index in [0.717, 1.165) is 33.9 Å². The van der Waals surface area contributed by atoms with Crippen LogP contribution in [0, 0.1) is 0 Å². The molecule has 0 radical (unpaired) electrons. The number of hydrogen-bond donors (Lipinski definition) is 2. The van der Waals surface area contributed by atoms with Crippen molar-refractivity contribution in [3.63, 3.8) is 0 Å². The molecule has 0 saturated carbocycles. The largest absolute Gasteiger partial charge is 0.320 e. The maximum Gasteiger partial charge on any atom is 0.275 e. The van der Waals surface area contributed by atoms with Crippen LogP contribution in [0.5, 0.6) is 0 Å². The average Bonchev–Trinajstić information content (AvgIpc) is 3.20. The van der Waals surface area contributed by atoms with Gasteiger partial charge in [0.25, 0.3) is 11.8 Å². The van der Waals surface area contributed by atoms with Crippen LogP contribution in [0.2, 0.25) is 5.02 Å². The predicted octanol–water partition coefficient (Wildman–Crippen LogP) is 4.43. The minimum Gasteiger partial charge on any atom is -0.320 e. The molecule has 0 spiro atoms. The van der Waals surface area contributed by atoms with Gasteiger partial charge >= 0.3 is 0 Å². The van der Waals surface area contributed by atoms with Gasteiger partial charge in [-0.1, -0.05) is 38.4 Å². The summed E-state index contributed by atoms with van der Waals surface area (Å²) in [6.07, 6.45) is 2.30. The number of pyridine rings is 1. The van der Waals surface area contributed by atoms with E-state index in [2.05, 4.69) is 15.6 Å². The molecule has 0 atom stereocenters. The third-order valence-corrected chi connectivity index (χ3v) is 6.41. The zero-order valence-corrected chi connectivity index (χ0v) is 18.8. The van der Waals surface area contributed by atoms with Crippen LogP contribution in [-0.2, 0) is 24.1 Å². The molecule has 158 valence electrons. The summed E-state index contributed by atoms with van der Waals surface area (Å²) in [6.45, 7) is 5.62. The van der Waals surface area contributed by atoms with Crippen molar-refractivity contribution in [3.8, 4) is 0 Å². The van der Waals surface area contributed by atoms with E-state index in [1.54, 1.807) is 24.8 Å². The van der Waals surface area contributed by atoms with E-state index in [0.29, 0.717) is 23.6 Å². The van der Waals surface area contributed by atoms with Crippen LogP contribution in [0.1, 0.15) is 64.7 Å². The van der Waals surface area contributed by atoms with Crippen LogP contribution in [0.3, 0.4) is 0 Å². The van der Waals surface area contributed by atoms with Gasteiger partial charge in [0.15, 0.2) is 0 Å². The Morgan fingerprint density at radius 3 is 2.57 bits per heavy atom. The maximum atomic E-state index is 13.3. The van der Waals surface area contributed by atoms with Crippen LogP contribution >= 0.6 is 23.4 Å². The number of hydrogen-bond acceptors (Lipinski definition) is 5. The summed E-state index contributed by atoms with van der Waals surface area (Å²) in [5.41, 5.74) is 3.47. The number of nitrogens with zero attached hydrogens (tertiary/aromatic N) is 1. The van der Waals surface area contributed by atoms with Crippen LogP contribution in [0.4, 0.5) is 5.69 Å². The minimum atomic E-state index is -0.614. The first-order valence-corrected chi connectivity index (χ1v) is 11.4. The fourth-order valence-corrected chi connectivity index (χ4v) is 4.68. The highest BCUT2D eigenvalue weighted by Crippen LogP contribution is 2.33. The molecule has 2 aromatic rings. The number of aromatic nitrogens is 1. The van der Waals surface area contributed by atoms with Crippen molar-refractivity contribution in [2.45, 2.75) is 51.5 Å². The van der Waals surface area contributed by atoms with Crippen LogP contribution in [0.15, 0.2) is 23.2 Å². The summed E-state index contributed by atoms with van der Waals surface area (Å²) in [5, 5.41) is 6.58. The Kier molecular flexibility index (Phi) is 7.15. The number of carbonyl (C=O) groups is 3. The molecule has 1 aromatic heterocycles. The van der Waals surface area contributed by atoms with Crippen LogP contribution < -0.4 is 10.6 Å². The van der Waals surface area contributed by atoms with Gasteiger partial charge in [-0.25, -0.2) is 4.98 Å². The Morgan fingerprint density at radius 1 is 1.13 bits per heavy atom. The molecule has 1 aromatic carbocycles. The standard InChI is InChI=1S/C22H24ClN3O3S/c1-4-12-7-8-16(23)14(5-2)18(12)25-21(29)19-15(20(28)24-17(27)6-3)11-13-9-10-30-22(13)26-19/h7-8,11H,4-6,9-10H2,1-3H3,(H,25,29)(H,24,27,28). The van der Waals surface area contributed by atoms with Crippen molar-refractivity contribution in [3.05, 3.63) is 51.2 Å². The van der Waals surface area contributed by atoms with E-state index in [-0.39, 0.29) is 17.7 Å². The molecule has 8 heteroatoms. The molecule has 30 heavy (non-hydrogen) atoms. The number of imide groups is 1. The number of aryl methyl sites for hydroxylation is 2. The molecule has 6 nitrogen and oxygen atoms in total. The van der Waals surface area contributed by atoms with Crippen molar-refractivity contribution < 1.29 is 14.4 Å². The first-order valence-electron chi connectivity index (χ1n) is 10.0. The number of benzene rings is 1. The van der Waals surface area contributed by atoms with Crippen molar-refractivity contribution in [1.29, 1.82) is 0 Å². The zero-order chi connectivity index (χ0) is 21.8. The molecule has 1 aliphatic heterocycles. The van der Waals surface area contributed by atoms with Crippen molar-refractivity contribution in [2.24, 2.45) is 0 Å². The molecule has 3 amide bonds. The SMILES string of the molecule is CCC(=O)NC(=O)c1cc2c(nc1C(=O)Nc1c(CC)ccc(Cl)c1CC)SCC2. The predicted molar refractivity (Wildman–Crippen MR) is 120 cm³/mol. The third-order valence-electron chi connectivity index (χ3n) is 5.02. The highest BCUT2D eigenvalue weighted by atomic mass is 35.5. The van der Waals surface area contributed by atoms with Gasteiger partial charge in [0.05, 0.1) is 5.56 Å². The molecule has 1 aliphatic rings. The fourth-order valence-electron chi connectivity index (χ4n) is 3.37. The molecular formula is C22H24ClN3O3S. The molecular weight excluding hydrogens is 422 g/mol. The van der Waals surface area contributed by atoms with E-state index >= 15 is 0 Å².